The van der Waals surface area contributed by atoms with Gasteiger partial charge >= 0.3 is 6.09 Å². The van der Waals surface area contributed by atoms with Gasteiger partial charge in [-0.25, -0.2) is 9.69 Å². The number of ether oxygens (including phenoxy) is 1. The van der Waals surface area contributed by atoms with Crippen molar-refractivity contribution < 1.29 is 14.3 Å². The fourth-order valence-corrected chi connectivity index (χ4v) is 3.94. The highest BCUT2D eigenvalue weighted by atomic mass is 32.1. The molecule has 2 amide bonds. The maximum atomic E-state index is 12.6. The maximum absolute atomic E-state index is 12.6. The molecule has 134 valence electrons. The Morgan fingerprint density at radius 3 is 2.44 bits per heavy atom. The molecule has 1 saturated heterocycles. The topological polar surface area (TPSA) is 46.6 Å². The minimum atomic E-state index is -0.602. The van der Waals surface area contributed by atoms with Crippen LogP contribution in [-0.4, -0.2) is 23.5 Å². The smallest absolute Gasteiger partial charge is 0.417 e. The molecular formula is C22H17NO3S. The van der Waals surface area contributed by atoms with Gasteiger partial charge in [-0.3, -0.25) is 4.79 Å². The van der Waals surface area contributed by atoms with Crippen LogP contribution < -0.4 is 0 Å². The van der Waals surface area contributed by atoms with Crippen molar-refractivity contribution in [1.82, 2.24) is 4.90 Å². The van der Waals surface area contributed by atoms with Crippen LogP contribution in [0.3, 0.4) is 0 Å². The van der Waals surface area contributed by atoms with Crippen LogP contribution in [0.1, 0.15) is 16.5 Å². The third-order valence-corrected chi connectivity index (χ3v) is 5.47. The minimum absolute atomic E-state index is 0.180. The van der Waals surface area contributed by atoms with E-state index in [0.29, 0.717) is 0 Å². The fraction of sp³-hybridized carbons (Fsp3) is 0.0909. The molecule has 1 aromatic heterocycles. The van der Waals surface area contributed by atoms with Crippen LogP contribution in [0.15, 0.2) is 78.9 Å². The Morgan fingerprint density at radius 2 is 1.70 bits per heavy atom. The Balaban J connectivity index is 1.51. The van der Waals surface area contributed by atoms with Gasteiger partial charge < -0.3 is 4.74 Å². The summed E-state index contributed by atoms with van der Waals surface area (Å²) in [6, 6.07) is 23.1. The summed E-state index contributed by atoms with van der Waals surface area (Å²) in [5, 5.41) is 0. The summed E-state index contributed by atoms with van der Waals surface area (Å²) in [5.74, 6) is -0.374. The molecule has 1 unspecified atom stereocenters. The van der Waals surface area contributed by atoms with Gasteiger partial charge in [0.2, 0.25) is 0 Å². The number of imide groups is 1. The van der Waals surface area contributed by atoms with Crippen LogP contribution in [0.4, 0.5) is 4.79 Å². The van der Waals surface area contributed by atoms with E-state index in [0.717, 1.165) is 20.9 Å². The van der Waals surface area contributed by atoms with E-state index in [1.54, 1.807) is 17.4 Å². The summed E-state index contributed by atoms with van der Waals surface area (Å²) < 4.78 is 5.10. The molecule has 1 aliphatic rings. The van der Waals surface area contributed by atoms with Gasteiger partial charge in [0.05, 0.1) is 0 Å². The molecule has 3 aromatic rings. The van der Waals surface area contributed by atoms with E-state index < -0.39 is 6.09 Å². The van der Waals surface area contributed by atoms with E-state index in [1.165, 1.54) is 11.0 Å². The number of thiophene rings is 1. The zero-order valence-corrected chi connectivity index (χ0v) is 15.3. The summed E-state index contributed by atoms with van der Waals surface area (Å²) >= 11 is 1.59. The van der Waals surface area contributed by atoms with Crippen LogP contribution >= 0.6 is 11.3 Å². The molecule has 0 spiro atoms. The molecule has 2 aromatic carbocycles. The molecule has 0 N–H and O–H groups in total. The Hall–Kier alpha value is -3.18. The first-order valence-electron chi connectivity index (χ1n) is 8.60. The predicted molar refractivity (Wildman–Crippen MR) is 106 cm³/mol. The van der Waals surface area contributed by atoms with Crippen LogP contribution in [0.25, 0.3) is 16.5 Å². The zero-order chi connectivity index (χ0) is 18.6. The minimum Gasteiger partial charge on any atom is -0.446 e. The second-order valence-electron chi connectivity index (χ2n) is 6.11. The molecule has 1 aliphatic heterocycles. The van der Waals surface area contributed by atoms with Crippen molar-refractivity contribution in [1.29, 1.82) is 0 Å². The van der Waals surface area contributed by atoms with Gasteiger partial charge in [-0.05, 0) is 29.3 Å². The van der Waals surface area contributed by atoms with Crippen molar-refractivity contribution >= 4 is 29.4 Å². The highest BCUT2D eigenvalue weighted by molar-refractivity contribution is 7.16. The first-order valence-corrected chi connectivity index (χ1v) is 9.42. The van der Waals surface area contributed by atoms with Crippen molar-refractivity contribution in [2.45, 2.75) is 6.04 Å². The van der Waals surface area contributed by atoms with Crippen LogP contribution in [-0.2, 0) is 9.53 Å². The fourth-order valence-electron chi connectivity index (χ4n) is 3.02. The molecule has 0 bridgehead atoms. The Labute approximate surface area is 161 Å². The largest absolute Gasteiger partial charge is 0.446 e. The lowest BCUT2D eigenvalue weighted by atomic mass is 10.1. The van der Waals surface area contributed by atoms with Crippen molar-refractivity contribution in [3.8, 4) is 10.4 Å². The second-order valence-corrected chi connectivity index (χ2v) is 7.23. The highest BCUT2D eigenvalue weighted by Crippen LogP contribution is 2.30. The van der Waals surface area contributed by atoms with Crippen molar-refractivity contribution in [3.05, 3.63) is 89.3 Å². The van der Waals surface area contributed by atoms with Crippen molar-refractivity contribution in [2.75, 3.05) is 6.61 Å². The number of nitrogens with zero attached hydrogens (tertiary/aromatic N) is 1. The average Bonchev–Trinajstić information content (AvgIpc) is 3.34. The van der Waals surface area contributed by atoms with Crippen LogP contribution in [0.5, 0.6) is 0 Å². The summed E-state index contributed by atoms with van der Waals surface area (Å²) in [6.45, 7) is 0.180. The molecule has 2 heterocycles. The molecule has 0 aliphatic carbocycles. The summed E-state index contributed by atoms with van der Waals surface area (Å²) in [7, 11) is 0. The van der Waals surface area contributed by atoms with Gasteiger partial charge in [0, 0.05) is 15.8 Å². The van der Waals surface area contributed by atoms with E-state index in [2.05, 4.69) is 12.1 Å². The SMILES string of the molecule is O=C(C=Cc1ccc(-c2ccccc2)s1)N1C(=O)OCC1c1ccccc1. The standard InChI is InChI=1S/C22H17NO3S/c24-21(23-19(15-26-22(23)25)16-7-3-1-4-8-16)14-12-18-11-13-20(27-18)17-9-5-2-6-10-17/h1-14,19H,15H2. The maximum Gasteiger partial charge on any atom is 0.417 e. The van der Waals surface area contributed by atoms with Gasteiger partial charge in [-0.1, -0.05) is 60.7 Å². The molecule has 4 nitrogen and oxygen atoms in total. The first-order chi connectivity index (χ1) is 13.2. The Morgan fingerprint density at radius 1 is 1.00 bits per heavy atom. The monoisotopic (exact) mass is 375 g/mol. The van der Waals surface area contributed by atoms with E-state index in [9.17, 15) is 9.59 Å². The average molecular weight is 375 g/mol. The lowest BCUT2D eigenvalue weighted by molar-refractivity contribution is -0.124. The number of benzene rings is 2. The third-order valence-electron chi connectivity index (χ3n) is 4.37. The highest BCUT2D eigenvalue weighted by Gasteiger charge is 2.37. The molecule has 1 fully saturated rings. The van der Waals surface area contributed by atoms with Gasteiger partial charge in [0.25, 0.3) is 5.91 Å². The number of carbonyl (C=O) groups excluding carboxylic acids is 2. The van der Waals surface area contributed by atoms with Crippen LogP contribution in [0, 0.1) is 0 Å². The number of hydrogen-bond acceptors (Lipinski definition) is 4. The molecule has 0 radical (unpaired) electrons. The lowest BCUT2D eigenvalue weighted by Crippen LogP contribution is -2.32. The quantitative estimate of drug-likeness (QED) is 0.593. The van der Waals surface area contributed by atoms with Crippen molar-refractivity contribution in [3.63, 3.8) is 0 Å². The second kappa shape index (κ2) is 7.60. The van der Waals surface area contributed by atoms with Crippen LogP contribution in [0.2, 0.25) is 0 Å². The van der Waals surface area contributed by atoms with Gasteiger partial charge in [-0.15, -0.1) is 11.3 Å². The number of carbonyl (C=O) groups is 2. The number of rotatable bonds is 4. The Kier molecular flexibility index (Phi) is 4.85. The summed E-state index contributed by atoms with van der Waals surface area (Å²) in [4.78, 5) is 27.9. The number of cyclic esters (lactones) is 1. The summed E-state index contributed by atoms with van der Waals surface area (Å²) in [5.41, 5.74) is 2.02. The number of amides is 2. The van der Waals surface area contributed by atoms with Gasteiger partial charge in [0.1, 0.15) is 12.6 Å². The molecule has 1 atom stereocenters. The third kappa shape index (κ3) is 3.68. The summed E-state index contributed by atoms with van der Waals surface area (Å²) in [6.07, 6.45) is 2.57. The molecular weight excluding hydrogens is 358 g/mol. The number of hydrogen-bond donors (Lipinski definition) is 0. The molecule has 0 saturated carbocycles. The van der Waals surface area contributed by atoms with E-state index in [1.807, 2.05) is 60.7 Å². The van der Waals surface area contributed by atoms with Gasteiger partial charge in [-0.2, -0.15) is 0 Å². The first kappa shape index (κ1) is 17.2. The molecule has 4 rings (SSSR count). The normalized spacial score (nSPS) is 16.7. The lowest BCUT2D eigenvalue weighted by Gasteiger charge is -2.18. The zero-order valence-electron chi connectivity index (χ0n) is 14.4. The van der Waals surface area contributed by atoms with Crippen molar-refractivity contribution in [2.24, 2.45) is 0 Å². The van der Waals surface area contributed by atoms with Gasteiger partial charge in [0.15, 0.2) is 0 Å². The molecule has 5 heteroatoms. The van der Waals surface area contributed by atoms with E-state index >= 15 is 0 Å². The Bertz CT molecular complexity index is 979. The molecule has 27 heavy (non-hydrogen) atoms. The van der Waals surface area contributed by atoms with E-state index in [4.69, 9.17) is 4.74 Å². The van der Waals surface area contributed by atoms with E-state index in [-0.39, 0.29) is 18.6 Å². The predicted octanol–water partition coefficient (Wildman–Crippen LogP) is 5.15.